The predicted molar refractivity (Wildman–Crippen MR) is 99.0 cm³/mol. The van der Waals surface area contributed by atoms with Crippen LogP contribution < -0.4 is 16.4 Å². The summed E-state index contributed by atoms with van der Waals surface area (Å²) in [5.41, 5.74) is 7.99. The number of hydrogen-bond acceptors (Lipinski definition) is 3. The van der Waals surface area contributed by atoms with Gasteiger partial charge in [-0.2, -0.15) is 0 Å². The average Bonchev–Trinajstić information content (AvgIpc) is 2.57. The van der Waals surface area contributed by atoms with E-state index >= 15 is 0 Å². The lowest BCUT2D eigenvalue weighted by Crippen LogP contribution is -2.28. The van der Waals surface area contributed by atoms with Crippen LogP contribution in [0.25, 0.3) is 0 Å². The summed E-state index contributed by atoms with van der Waals surface area (Å²) in [6.07, 6.45) is 5.15. The van der Waals surface area contributed by atoms with Gasteiger partial charge >= 0.3 is 0 Å². The van der Waals surface area contributed by atoms with E-state index < -0.39 is 0 Å². The lowest BCUT2D eigenvalue weighted by Gasteiger charge is -2.14. The topological polar surface area (TPSA) is 50.1 Å². The first-order chi connectivity index (χ1) is 10.7. The van der Waals surface area contributed by atoms with Gasteiger partial charge in [-0.05, 0) is 43.5 Å². The highest BCUT2D eigenvalue weighted by Crippen LogP contribution is 2.03. The van der Waals surface area contributed by atoms with Gasteiger partial charge in [0, 0.05) is 19.1 Å². The molecule has 0 aromatic heterocycles. The molecule has 0 aliphatic heterocycles. The van der Waals surface area contributed by atoms with Crippen LogP contribution in [0.2, 0.25) is 0 Å². The quantitative estimate of drug-likeness (QED) is 0.616. The Balaban J connectivity index is 0.000000409. The molecule has 1 rings (SSSR count). The van der Waals surface area contributed by atoms with E-state index in [1.807, 2.05) is 0 Å². The minimum Gasteiger partial charge on any atom is -0.326 e. The molecule has 0 heterocycles. The van der Waals surface area contributed by atoms with Crippen molar-refractivity contribution < 1.29 is 0 Å². The SMILES string of the molecule is CCCNC(CC)CCC.CCNCc1ccc(CN)cc1. The van der Waals surface area contributed by atoms with Gasteiger partial charge in [-0.25, -0.2) is 0 Å². The van der Waals surface area contributed by atoms with Gasteiger partial charge in [0.1, 0.15) is 0 Å². The van der Waals surface area contributed by atoms with Crippen LogP contribution in [0, 0.1) is 0 Å². The molecule has 4 N–H and O–H groups in total. The predicted octanol–water partition coefficient (Wildman–Crippen LogP) is 3.82. The number of benzene rings is 1. The van der Waals surface area contributed by atoms with Crippen LogP contribution in [0.5, 0.6) is 0 Å². The van der Waals surface area contributed by atoms with E-state index in [4.69, 9.17) is 5.73 Å². The largest absolute Gasteiger partial charge is 0.326 e. The summed E-state index contributed by atoms with van der Waals surface area (Å²) >= 11 is 0. The maximum Gasteiger partial charge on any atom is 0.0205 e. The molecular formula is C19H37N3. The molecule has 3 nitrogen and oxygen atoms in total. The zero-order valence-electron chi connectivity index (χ0n) is 15.1. The van der Waals surface area contributed by atoms with Gasteiger partial charge < -0.3 is 16.4 Å². The summed E-state index contributed by atoms with van der Waals surface area (Å²) in [4.78, 5) is 0. The molecule has 1 atom stereocenters. The van der Waals surface area contributed by atoms with Crippen molar-refractivity contribution in [3.05, 3.63) is 35.4 Å². The summed E-state index contributed by atoms with van der Waals surface area (Å²) in [7, 11) is 0. The van der Waals surface area contributed by atoms with E-state index in [1.54, 1.807) is 0 Å². The average molecular weight is 308 g/mol. The van der Waals surface area contributed by atoms with Crippen LogP contribution in [0.1, 0.15) is 64.5 Å². The first-order valence-electron chi connectivity index (χ1n) is 8.93. The Morgan fingerprint density at radius 3 is 2.05 bits per heavy atom. The summed E-state index contributed by atoms with van der Waals surface area (Å²) in [6, 6.07) is 9.15. The van der Waals surface area contributed by atoms with Crippen molar-refractivity contribution in [1.29, 1.82) is 0 Å². The van der Waals surface area contributed by atoms with E-state index in [2.05, 4.69) is 62.6 Å². The van der Waals surface area contributed by atoms with Gasteiger partial charge in [-0.15, -0.1) is 0 Å². The van der Waals surface area contributed by atoms with Crippen molar-refractivity contribution in [1.82, 2.24) is 10.6 Å². The number of nitrogens with two attached hydrogens (primary N) is 1. The normalized spacial score (nSPS) is 11.7. The van der Waals surface area contributed by atoms with Crippen molar-refractivity contribution in [3.63, 3.8) is 0 Å². The molecule has 0 aliphatic carbocycles. The smallest absolute Gasteiger partial charge is 0.0205 e. The monoisotopic (exact) mass is 307 g/mol. The lowest BCUT2D eigenvalue weighted by molar-refractivity contribution is 0.464. The van der Waals surface area contributed by atoms with E-state index in [9.17, 15) is 0 Å². The van der Waals surface area contributed by atoms with Gasteiger partial charge in [0.15, 0.2) is 0 Å². The summed E-state index contributed by atoms with van der Waals surface area (Å²) < 4.78 is 0. The van der Waals surface area contributed by atoms with Gasteiger partial charge in [0.25, 0.3) is 0 Å². The van der Waals surface area contributed by atoms with Crippen molar-refractivity contribution in [2.45, 2.75) is 72.5 Å². The number of hydrogen-bond donors (Lipinski definition) is 3. The van der Waals surface area contributed by atoms with Crippen molar-refractivity contribution in [2.75, 3.05) is 13.1 Å². The Bertz CT molecular complexity index is 335. The molecule has 0 saturated heterocycles. The maximum absolute atomic E-state index is 5.48. The first kappa shape index (κ1) is 21.1. The summed E-state index contributed by atoms with van der Waals surface area (Å²) in [5.74, 6) is 0. The second-order valence-electron chi connectivity index (χ2n) is 5.65. The van der Waals surface area contributed by atoms with Crippen LogP contribution in [0.3, 0.4) is 0 Å². The van der Waals surface area contributed by atoms with Gasteiger partial charge in [0.2, 0.25) is 0 Å². The molecule has 0 fully saturated rings. The highest BCUT2D eigenvalue weighted by molar-refractivity contribution is 5.22. The molecule has 0 radical (unpaired) electrons. The fourth-order valence-electron chi connectivity index (χ4n) is 2.21. The van der Waals surface area contributed by atoms with Gasteiger partial charge in [-0.3, -0.25) is 0 Å². The molecule has 0 saturated carbocycles. The highest BCUT2D eigenvalue weighted by Gasteiger charge is 2.00. The summed E-state index contributed by atoms with van der Waals surface area (Å²) in [5, 5.41) is 6.79. The molecule has 128 valence electrons. The molecule has 1 aromatic carbocycles. The van der Waals surface area contributed by atoms with E-state index in [0.29, 0.717) is 6.54 Å². The molecule has 0 bridgehead atoms. The zero-order valence-corrected chi connectivity index (χ0v) is 15.1. The molecule has 3 heteroatoms. The third kappa shape index (κ3) is 10.8. The molecule has 1 unspecified atom stereocenters. The number of rotatable bonds is 10. The van der Waals surface area contributed by atoms with Crippen LogP contribution in [0.4, 0.5) is 0 Å². The first-order valence-corrected chi connectivity index (χ1v) is 8.93. The van der Waals surface area contributed by atoms with Crippen LogP contribution in [0.15, 0.2) is 24.3 Å². The highest BCUT2D eigenvalue weighted by atomic mass is 14.9. The molecule has 22 heavy (non-hydrogen) atoms. The fraction of sp³-hybridized carbons (Fsp3) is 0.684. The molecule has 1 aromatic rings. The van der Waals surface area contributed by atoms with E-state index in [0.717, 1.165) is 19.1 Å². The second-order valence-corrected chi connectivity index (χ2v) is 5.65. The van der Waals surface area contributed by atoms with Crippen molar-refractivity contribution in [2.24, 2.45) is 5.73 Å². The maximum atomic E-state index is 5.48. The zero-order chi connectivity index (χ0) is 16.6. The van der Waals surface area contributed by atoms with Crippen LogP contribution in [-0.2, 0) is 13.1 Å². The van der Waals surface area contributed by atoms with Crippen molar-refractivity contribution in [3.8, 4) is 0 Å². The Morgan fingerprint density at radius 1 is 0.955 bits per heavy atom. The van der Waals surface area contributed by atoms with Gasteiger partial charge in [0.05, 0.1) is 0 Å². The van der Waals surface area contributed by atoms with Crippen LogP contribution >= 0.6 is 0 Å². The minimum atomic E-state index is 0.626. The Kier molecular flexibility index (Phi) is 14.4. The summed E-state index contributed by atoms with van der Waals surface area (Å²) in [6.45, 7) is 12.6. The number of nitrogens with one attached hydrogen (secondary N) is 2. The molecular weight excluding hydrogens is 270 g/mol. The molecule has 0 aliphatic rings. The lowest BCUT2D eigenvalue weighted by atomic mass is 10.1. The Labute approximate surface area is 138 Å². The minimum absolute atomic E-state index is 0.626. The Hall–Kier alpha value is -0.900. The molecule has 0 amide bonds. The van der Waals surface area contributed by atoms with Crippen molar-refractivity contribution >= 4 is 0 Å². The van der Waals surface area contributed by atoms with Gasteiger partial charge in [-0.1, -0.05) is 58.4 Å². The molecule has 0 spiro atoms. The fourth-order valence-corrected chi connectivity index (χ4v) is 2.21. The van der Waals surface area contributed by atoms with Crippen LogP contribution in [-0.4, -0.2) is 19.1 Å². The second kappa shape index (κ2) is 15.0. The third-order valence-corrected chi connectivity index (χ3v) is 3.65. The van der Waals surface area contributed by atoms with E-state index in [1.165, 1.54) is 43.4 Å². The third-order valence-electron chi connectivity index (χ3n) is 3.65. The Morgan fingerprint density at radius 2 is 1.59 bits per heavy atom. The van der Waals surface area contributed by atoms with E-state index in [-0.39, 0.29) is 0 Å². The standard InChI is InChI=1S/C10H16N2.C9H21N/c1-2-12-8-10-5-3-9(7-11)4-6-10;1-4-7-9(6-3)10-8-5-2/h3-6,12H,2,7-8,11H2,1H3;9-10H,4-8H2,1-3H3.